The fourth-order valence-corrected chi connectivity index (χ4v) is 3.60. The molecule has 1 saturated heterocycles. The quantitative estimate of drug-likeness (QED) is 0.788. The number of nitrogens with zero attached hydrogens (tertiary/aromatic N) is 2. The SMILES string of the molecule is C[C@H]1CCCN(Cc2ccc(CNC(=O)c3cc(N)nc(Cl)c3)cc2)C1. The summed E-state index contributed by atoms with van der Waals surface area (Å²) < 4.78 is 0. The van der Waals surface area contributed by atoms with Crippen LogP contribution in [0.5, 0.6) is 0 Å². The number of halogens is 1. The summed E-state index contributed by atoms with van der Waals surface area (Å²) in [6.45, 7) is 6.13. The minimum absolute atomic E-state index is 0.214. The molecule has 3 N–H and O–H groups in total. The van der Waals surface area contributed by atoms with Crippen LogP contribution in [0.1, 0.15) is 41.3 Å². The van der Waals surface area contributed by atoms with Crippen LogP contribution in [0.15, 0.2) is 36.4 Å². The van der Waals surface area contributed by atoms with Gasteiger partial charge < -0.3 is 11.1 Å². The van der Waals surface area contributed by atoms with E-state index in [0.717, 1.165) is 18.0 Å². The molecule has 0 bridgehead atoms. The fourth-order valence-electron chi connectivity index (χ4n) is 3.38. The third-order valence-corrected chi connectivity index (χ3v) is 4.89. The van der Waals surface area contributed by atoms with E-state index in [1.54, 1.807) is 0 Å². The largest absolute Gasteiger partial charge is 0.384 e. The zero-order chi connectivity index (χ0) is 18.5. The highest BCUT2D eigenvalue weighted by molar-refractivity contribution is 6.29. The highest BCUT2D eigenvalue weighted by Gasteiger charge is 2.16. The summed E-state index contributed by atoms with van der Waals surface area (Å²) in [7, 11) is 0. The molecule has 0 unspecified atom stereocenters. The molecule has 1 aliphatic heterocycles. The van der Waals surface area contributed by atoms with Crippen LogP contribution in [-0.4, -0.2) is 28.9 Å². The van der Waals surface area contributed by atoms with Gasteiger partial charge in [-0.3, -0.25) is 9.69 Å². The Balaban J connectivity index is 1.53. The van der Waals surface area contributed by atoms with Crippen molar-refractivity contribution >= 4 is 23.3 Å². The standard InChI is InChI=1S/C20H25ClN4O/c1-14-3-2-8-25(12-14)13-16-6-4-15(5-7-16)11-23-20(26)17-9-18(21)24-19(22)10-17/h4-7,9-10,14H,2-3,8,11-13H2,1H3,(H2,22,24)(H,23,26)/t14-/m0/s1. The minimum Gasteiger partial charge on any atom is -0.384 e. The van der Waals surface area contributed by atoms with E-state index < -0.39 is 0 Å². The molecular weight excluding hydrogens is 348 g/mol. The second-order valence-corrected chi connectivity index (χ2v) is 7.47. The summed E-state index contributed by atoms with van der Waals surface area (Å²) in [5, 5.41) is 3.10. The lowest BCUT2D eigenvalue weighted by molar-refractivity contribution is 0.0951. The van der Waals surface area contributed by atoms with Crippen LogP contribution in [0.3, 0.4) is 0 Å². The first-order valence-electron chi connectivity index (χ1n) is 9.01. The molecule has 2 heterocycles. The first kappa shape index (κ1) is 18.7. The third-order valence-electron chi connectivity index (χ3n) is 4.70. The van der Waals surface area contributed by atoms with Gasteiger partial charge >= 0.3 is 0 Å². The molecular formula is C20H25ClN4O. The van der Waals surface area contributed by atoms with Crippen LogP contribution in [0, 0.1) is 5.92 Å². The first-order valence-corrected chi connectivity index (χ1v) is 9.39. The van der Waals surface area contributed by atoms with Crippen LogP contribution in [0.4, 0.5) is 5.82 Å². The van der Waals surface area contributed by atoms with E-state index in [-0.39, 0.29) is 16.9 Å². The Kier molecular flexibility index (Phi) is 6.12. The van der Waals surface area contributed by atoms with Crippen molar-refractivity contribution in [1.29, 1.82) is 0 Å². The lowest BCUT2D eigenvalue weighted by atomic mass is 9.99. The maximum atomic E-state index is 12.2. The van der Waals surface area contributed by atoms with Gasteiger partial charge in [-0.1, -0.05) is 42.8 Å². The van der Waals surface area contributed by atoms with Crippen molar-refractivity contribution in [3.05, 3.63) is 58.2 Å². The number of pyridine rings is 1. The topological polar surface area (TPSA) is 71.2 Å². The number of carbonyl (C=O) groups is 1. The van der Waals surface area contributed by atoms with Crippen molar-refractivity contribution in [2.24, 2.45) is 5.92 Å². The molecule has 0 saturated carbocycles. The molecule has 0 aliphatic carbocycles. The molecule has 1 fully saturated rings. The Morgan fingerprint density at radius 3 is 2.73 bits per heavy atom. The van der Waals surface area contributed by atoms with Crippen molar-refractivity contribution in [2.75, 3.05) is 18.8 Å². The predicted octanol–water partition coefficient (Wildman–Crippen LogP) is 3.48. The molecule has 5 nitrogen and oxygen atoms in total. The van der Waals surface area contributed by atoms with E-state index in [9.17, 15) is 4.79 Å². The predicted molar refractivity (Wildman–Crippen MR) is 105 cm³/mol. The minimum atomic E-state index is -0.215. The Hall–Kier alpha value is -2.11. The average Bonchev–Trinajstić information content (AvgIpc) is 2.60. The number of aromatic nitrogens is 1. The number of likely N-dealkylation sites (tertiary alicyclic amines) is 1. The Bertz CT molecular complexity index is 743. The molecule has 0 radical (unpaired) electrons. The van der Waals surface area contributed by atoms with Crippen LogP contribution in [0.25, 0.3) is 0 Å². The summed E-state index contributed by atoms with van der Waals surface area (Å²) >= 11 is 5.84. The molecule has 1 aromatic heterocycles. The number of hydrogen-bond donors (Lipinski definition) is 2. The molecule has 0 spiro atoms. The van der Waals surface area contributed by atoms with Gasteiger partial charge in [0.2, 0.25) is 0 Å². The second-order valence-electron chi connectivity index (χ2n) is 7.09. The number of benzene rings is 1. The number of piperidine rings is 1. The number of rotatable bonds is 5. The van der Waals surface area contributed by atoms with Crippen molar-refractivity contribution in [2.45, 2.75) is 32.9 Å². The molecule has 6 heteroatoms. The fraction of sp³-hybridized carbons (Fsp3) is 0.400. The van der Waals surface area contributed by atoms with Gasteiger partial charge in [0.25, 0.3) is 5.91 Å². The van der Waals surface area contributed by atoms with E-state index >= 15 is 0 Å². The molecule has 2 aromatic rings. The third kappa shape index (κ3) is 5.19. The molecule has 1 atom stereocenters. The lowest BCUT2D eigenvalue weighted by Gasteiger charge is -2.30. The normalized spacial score (nSPS) is 17.8. The van der Waals surface area contributed by atoms with Gasteiger partial charge in [-0.2, -0.15) is 0 Å². The molecule has 138 valence electrons. The van der Waals surface area contributed by atoms with Crippen molar-refractivity contribution in [3.8, 4) is 0 Å². The van der Waals surface area contributed by atoms with E-state index in [0.29, 0.717) is 12.1 Å². The smallest absolute Gasteiger partial charge is 0.251 e. The van der Waals surface area contributed by atoms with Gasteiger partial charge in [-0.05, 0) is 48.6 Å². The number of amides is 1. The Morgan fingerprint density at radius 1 is 1.31 bits per heavy atom. The van der Waals surface area contributed by atoms with E-state index in [2.05, 4.69) is 46.4 Å². The lowest BCUT2D eigenvalue weighted by Crippen LogP contribution is -2.33. The number of nitrogens with one attached hydrogen (secondary N) is 1. The van der Waals surface area contributed by atoms with Gasteiger partial charge in [-0.15, -0.1) is 0 Å². The van der Waals surface area contributed by atoms with Gasteiger partial charge in [0, 0.05) is 25.2 Å². The second kappa shape index (κ2) is 8.52. The monoisotopic (exact) mass is 372 g/mol. The summed E-state index contributed by atoms with van der Waals surface area (Å²) in [6.07, 6.45) is 2.62. The maximum absolute atomic E-state index is 12.2. The molecule has 26 heavy (non-hydrogen) atoms. The van der Waals surface area contributed by atoms with E-state index in [4.69, 9.17) is 17.3 Å². The van der Waals surface area contributed by atoms with Crippen molar-refractivity contribution < 1.29 is 4.79 Å². The van der Waals surface area contributed by atoms with Crippen LogP contribution >= 0.6 is 11.6 Å². The Labute approximate surface area is 159 Å². The summed E-state index contributed by atoms with van der Waals surface area (Å²) in [6, 6.07) is 11.4. The number of hydrogen-bond acceptors (Lipinski definition) is 4. The zero-order valence-electron chi connectivity index (χ0n) is 15.0. The summed E-state index contributed by atoms with van der Waals surface area (Å²) in [5.74, 6) is 0.806. The Morgan fingerprint density at radius 2 is 2.04 bits per heavy atom. The van der Waals surface area contributed by atoms with Crippen molar-refractivity contribution in [3.63, 3.8) is 0 Å². The average molecular weight is 373 g/mol. The summed E-state index contributed by atoms with van der Waals surface area (Å²) in [4.78, 5) is 18.6. The zero-order valence-corrected chi connectivity index (χ0v) is 15.8. The molecule has 3 rings (SSSR count). The van der Waals surface area contributed by atoms with Crippen LogP contribution in [0.2, 0.25) is 5.15 Å². The van der Waals surface area contributed by atoms with Gasteiger partial charge in [0.15, 0.2) is 0 Å². The van der Waals surface area contributed by atoms with E-state index in [1.807, 2.05) is 0 Å². The maximum Gasteiger partial charge on any atom is 0.251 e. The number of anilines is 1. The highest BCUT2D eigenvalue weighted by atomic mass is 35.5. The van der Waals surface area contributed by atoms with Crippen molar-refractivity contribution in [1.82, 2.24) is 15.2 Å². The van der Waals surface area contributed by atoms with Gasteiger partial charge in [0.05, 0.1) is 0 Å². The number of nitrogen functional groups attached to an aromatic ring is 1. The van der Waals surface area contributed by atoms with E-state index in [1.165, 1.54) is 43.6 Å². The van der Waals surface area contributed by atoms with Crippen LogP contribution < -0.4 is 11.1 Å². The van der Waals surface area contributed by atoms with Gasteiger partial charge in [0.1, 0.15) is 11.0 Å². The van der Waals surface area contributed by atoms with Crippen LogP contribution in [-0.2, 0) is 13.1 Å². The summed E-state index contributed by atoms with van der Waals surface area (Å²) in [5.41, 5.74) is 8.41. The first-order chi connectivity index (χ1) is 12.5. The molecule has 1 aromatic carbocycles. The molecule has 1 aliphatic rings. The molecule has 1 amide bonds. The number of nitrogens with two attached hydrogens (primary N) is 1. The van der Waals surface area contributed by atoms with Gasteiger partial charge in [-0.25, -0.2) is 4.98 Å². The number of carbonyl (C=O) groups excluding carboxylic acids is 1. The highest BCUT2D eigenvalue weighted by Crippen LogP contribution is 2.18.